The summed E-state index contributed by atoms with van der Waals surface area (Å²) >= 11 is 0. The molecule has 1 aromatic rings. The molecule has 3 rings (SSSR count). The molecule has 2 aliphatic rings. The average molecular weight is 290 g/mol. The molecule has 2 bridgehead atoms. The van der Waals surface area contributed by atoms with Crippen molar-refractivity contribution in [2.24, 2.45) is 0 Å². The van der Waals surface area contributed by atoms with Gasteiger partial charge in [-0.15, -0.1) is 0 Å². The summed E-state index contributed by atoms with van der Waals surface area (Å²) in [6, 6.07) is 3.10. The Balaban J connectivity index is 1.71. The van der Waals surface area contributed by atoms with Crippen LogP contribution in [0.2, 0.25) is 0 Å². The number of rotatable bonds is 3. The predicted molar refractivity (Wildman–Crippen MR) is 81.4 cm³/mol. The van der Waals surface area contributed by atoms with Crippen molar-refractivity contribution in [2.45, 2.75) is 50.2 Å². The zero-order chi connectivity index (χ0) is 15.0. The summed E-state index contributed by atoms with van der Waals surface area (Å²) in [6.07, 6.45) is 7.37. The minimum absolute atomic E-state index is 0.123. The summed E-state index contributed by atoms with van der Waals surface area (Å²) in [5.41, 5.74) is 6.45. The molecule has 2 aliphatic heterocycles. The number of nitrogens with one attached hydrogen (secondary N) is 1. The number of hydrogen-bond acceptors (Lipinski definition) is 5. The van der Waals surface area contributed by atoms with Gasteiger partial charge in [0.1, 0.15) is 5.82 Å². The van der Waals surface area contributed by atoms with Crippen LogP contribution in [-0.2, 0) is 0 Å². The third kappa shape index (κ3) is 2.81. The number of anilines is 2. The Morgan fingerprint density at radius 1 is 1.43 bits per heavy atom. The molecule has 2 unspecified atom stereocenters. The number of nitrogens with two attached hydrogens (primary N) is 1. The molecule has 6 nitrogen and oxygen atoms in total. The van der Waals surface area contributed by atoms with E-state index in [2.05, 4.69) is 22.2 Å². The Hall–Kier alpha value is -1.82. The van der Waals surface area contributed by atoms with E-state index in [-0.39, 0.29) is 5.56 Å². The van der Waals surface area contributed by atoms with Gasteiger partial charge in [0.15, 0.2) is 0 Å². The SMILES string of the molecule is CN1C2CCCC1CC(Nc1ncc(C(=O)O)cc1N)C2. The van der Waals surface area contributed by atoms with Gasteiger partial charge in [0.25, 0.3) is 0 Å². The Labute approximate surface area is 124 Å². The van der Waals surface area contributed by atoms with Gasteiger partial charge in [-0.25, -0.2) is 9.78 Å². The van der Waals surface area contributed by atoms with E-state index < -0.39 is 5.97 Å². The standard InChI is InChI=1S/C15H22N4O2/c1-19-11-3-2-4-12(19)7-10(6-11)18-14-13(16)5-9(8-17-14)15(20)21/h5,8,10-12H,2-4,6-7,16H2,1H3,(H,17,18)(H,20,21). The summed E-state index contributed by atoms with van der Waals surface area (Å²) in [5.74, 6) is -0.401. The lowest BCUT2D eigenvalue weighted by Crippen LogP contribution is -2.52. The van der Waals surface area contributed by atoms with Crippen LogP contribution in [0.1, 0.15) is 42.5 Å². The molecule has 6 heteroatoms. The number of aromatic nitrogens is 1. The van der Waals surface area contributed by atoms with Crippen LogP contribution in [0.5, 0.6) is 0 Å². The fourth-order valence-electron chi connectivity index (χ4n) is 3.65. The van der Waals surface area contributed by atoms with Gasteiger partial charge in [-0.3, -0.25) is 0 Å². The molecule has 3 heterocycles. The van der Waals surface area contributed by atoms with Crippen LogP contribution in [-0.4, -0.2) is 46.1 Å². The third-order valence-electron chi connectivity index (χ3n) is 4.84. The number of aromatic carboxylic acids is 1. The van der Waals surface area contributed by atoms with Crippen molar-refractivity contribution < 1.29 is 9.90 Å². The smallest absolute Gasteiger partial charge is 0.337 e. The predicted octanol–water partition coefficient (Wildman–Crippen LogP) is 1.79. The molecule has 0 aromatic carbocycles. The van der Waals surface area contributed by atoms with E-state index in [0.717, 1.165) is 12.8 Å². The number of carboxylic acids is 1. The summed E-state index contributed by atoms with van der Waals surface area (Å²) in [4.78, 5) is 17.6. The maximum absolute atomic E-state index is 10.9. The molecule has 0 aliphatic carbocycles. The molecule has 21 heavy (non-hydrogen) atoms. The zero-order valence-electron chi connectivity index (χ0n) is 12.2. The van der Waals surface area contributed by atoms with E-state index in [4.69, 9.17) is 10.8 Å². The van der Waals surface area contributed by atoms with Crippen LogP contribution in [0.4, 0.5) is 11.5 Å². The first-order valence-corrected chi connectivity index (χ1v) is 7.52. The van der Waals surface area contributed by atoms with Gasteiger partial charge >= 0.3 is 5.97 Å². The molecular formula is C15H22N4O2. The number of nitrogens with zero attached hydrogens (tertiary/aromatic N) is 2. The number of piperidine rings is 2. The number of pyridine rings is 1. The largest absolute Gasteiger partial charge is 0.478 e. The van der Waals surface area contributed by atoms with Gasteiger partial charge in [-0.1, -0.05) is 6.42 Å². The van der Waals surface area contributed by atoms with Crippen LogP contribution in [0.15, 0.2) is 12.3 Å². The molecule has 2 atom stereocenters. The Bertz CT molecular complexity index is 534. The van der Waals surface area contributed by atoms with Crippen molar-refractivity contribution in [3.63, 3.8) is 0 Å². The van der Waals surface area contributed by atoms with Crippen LogP contribution < -0.4 is 11.1 Å². The monoisotopic (exact) mass is 290 g/mol. The van der Waals surface area contributed by atoms with Crippen molar-refractivity contribution in [1.82, 2.24) is 9.88 Å². The minimum Gasteiger partial charge on any atom is -0.478 e. The van der Waals surface area contributed by atoms with Gasteiger partial charge in [0.2, 0.25) is 0 Å². The Morgan fingerprint density at radius 2 is 2.10 bits per heavy atom. The van der Waals surface area contributed by atoms with E-state index in [1.165, 1.54) is 31.5 Å². The molecule has 2 saturated heterocycles. The van der Waals surface area contributed by atoms with E-state index >= 15 is 0 Å². The highest BCUT2D eigenvalue weighted by Gasteiger charge is 2.36. The fraction of sp³-hybridized carbons (Fsp3) is 0.600. The lowest BCUT2D eigenvalue weighted by molar-refractivity contribution is 0.0608. The second kappa shape index (κ2) is 5.52. The van der Waals surface area contributed by atoms with Gasteiger partial charge in [0, 0.05) is 24.3 Å². The molecule has 0 amide bonds. The van der Waals surface area contributed by atoms with Gasteiger partial charge in [-0.2, -0.15) is 0 Å². The molecule has 0 spiro atoms. The highest BCUT2D eigenvalue weighted by molar-refractivity contribution is 5.89. The van der Waals surface area contributed by atoms with Crippen LogP contribution >= 0.6 is 0 Å². The molecule has 114 valence electrons. The molecule has 4 N–H and O–H groups in total. The summed E-state index contributed by atoms with van der Waals surface area (Å²) in [6.45, 7) is 0. The topological polar surface area (TPSA) is 91.5 Å². The fourth-order valence-corrected chi connectivity index (χ4v) is 3.65. The molecular weight excluding hydrogens is 268 g/mol. The normalized spacial score (nSPS) is 29.1. The van der Waals surface area contributed by atoms with Crippen molar-refractivity contribution >= 4 is 17.5 Å². The van der Waals surface area contributed by atoms with Gasteiger partial charge in [0.05, 0.1) is 11.3 Å². The van der Waals surface area contributed by atoms with Crippen LogP contribution in [0.3, 0.4) is 0 Å². The second-order valence-electron chi connectivity index (χ2n) is 6.18. The second-order valence-corrected chi connectivity index (χ2v) is 6.18. The lowest BCUT2D eigenvalue weighted by Gasteiger charge is -2.47. The van der Waals surface area contributed by atoms with E-state index in [9.17, 15) is 4.79 Å². The average Bonchev–Trinajstić information content (AvgIpc) is 2.42. The summed E-state index contributed by atoms with van der Waals surface area (Å²) in [7, 11) is 2.22. The molecule has 2 fully saturated rings. The maximum Gasteiger partial charge on any atom is 0.337 e. The van der Waals surface area contributed by atoms with E-state index in [0.29, 0.717) is 29.6 Å². The van der Waals surface area contributed by atoms with Crippen LogP contribution in [0.25, 0.3) is 0 Å². The number of nitrogen functional groups attached to an aromatic ring is 1. The minimum atomic E-state index is -1.01. The summed E-state index contributed by atoms with van der Waals surface area (Å²) in [5, 5.41) is 12.3. The van der Waals surface area contributed by atoms with Crippen molar-refractivity contribution in [1.29, 1.82) is 0 Å². The molecule has 0 saturated carbocycles. The number of carboxylic acid groups (broad SMARTS) is 1. The molecule has 0 radical (unpaired) electrons. The zero-order valence-corrected chi connectivity index (χ0v) is 12.2. The van der Waals surface area contributed by atoms with E-state index in [1.54, 1.807) is 0 Å². The first-order chi connectivity index (χ1) is 10.0. The first kappa shape index (κ1) is 14.1. The van der Waals surface area contributed by atoms with Crippen molar-refractivity contribution in [3.05, 3.63) is 17.8 Å². The highest BCUT2D eigenvalue weighted by atomic mass is 16.4. The maximum atomic E-state index is 10.9. The van der Waals surface area contributed by atoms with Gasteiger partial charge < -0.3 is 21.1 Å². The van der Waals surface area contributed by atoms with Crippen molar-refractivity contribution in [3.8, 4) is 0 Å². The summed E-state index contributed by atoms with van der Waals surface area (Å²) < 4.78 is 0. The van der Waals surface area contributed by atoms with Crippen LogP contribution in [0, 0.1) is 0 Å². The van der Waals surface area contributed by atoms with E-state index in [1.807, 2.05) is 0 Å². The van der Waals surface area contributed by atoms with Gasteiger partial charge in [-0.05, 0) is 38.8 Å². The first-order valence-electron chi connectivity index (χ1n) is 7.52. The lowest BCUT2D eigenvalue weighted by atomic mass is 9.82. The Kier molecular flexibility index (Phi) is 3.71. The number of carbonyl (C=O) groups is 1. The quantitative estimate of drug-likeness (QED) is 0.786. The third-order valence-corrected chi connectivity index (χ3v) is 4.84. The Morgan fingerprint density at radius 3 is 2.67 bits per heavy atom. The molecule has 1 aromatic heterocycles. The number of fused-ring (bicyclic) bond motifs is 2. The highest BCUT2D eigenvalue weighted by Crippen LogP contribution is 2.34. The number of hydrogen-bond donors (Lipinski definition) is 3. The van der Waals surface area contributed by atoms with Crippen molar-refractivity contribution in [2.75, 3.05) is 18.1 Å².